The topological polar surface area (TPSA) is 138 Å². The third-order valence-corrected chi connectivity index (χ3v) is 1.85. The minimum Gasteiger partial charge on any atom is -0.425 e. The van der Waals surface area contributed by atoms with Crippen LogP contribution in [0.25, 0.3) is 0 Å². The molecular weight excluding hydrogens is 234 g/mol. The van der Waals surface area contributed by atoms with E-state index in [-0.39, 0.29) is 29.4 Å². The maximum absolute atomic E-state index is 11.3. The van der Waals surface area contributed by atoms with Gasteiger partial charge in [-0.1, -0.05) is 0 Å². The van der Waals surface area contributed by atoms with Crippen LogP contribution in [0.4, 0.5) is 0 Å². The number of rotatable bonds is 3. The molecular formula is C11H9N5O2. The smallest absolute Gasteiger partial charge is 0.333 e. The van der Waals surface area contributed by atoms with Crippen molar-refractivity contribution in [3.8, 4) is 17.9 Å². The number of nitrogens with zero attached hydrogens (tertiary/aromatic N) is 3. The lowest BCUT2D eigenvalue weighted by Crippen LogP contribution is -2.25. The fraction of sp³-hybridized carbons (Fsp3) is 0.0909. The molecule has 0 heterocycles. The number of hydrogen-bond donors (Lipinski definition) is 2. The van der Waals surface area contributed by atoms with Crippen molar-refractivity contribution in [2.45, 2.75) is 0 Å². The molecule has 0 spiro atoms. The van der Waals surface area contributed by atoms with Crippen LogP contribution in [-0.2, 0) is 4.79 Å². The minimum absolute atomic E-state index is 0.129. The van der Waals surface area contributed by atoms with Crippen molar-refractivity contribution in [1.82, 2.24) is 0 Å². The molecule has 0 unspecified atom stereocenters. The maximum atomic E-state index is 11.3. The lowest BCUT2D eigenvalue weighted by atomic mass is 10.1. The van der Waals surface area contributed by atoms with Crippen LogP contribution in [0.2, 0.25) is 0 Å². The minimum atomic E-state index is -0.669. The predicted octanol–water partition coefficient (Wildman–Crippen LogP) is -0.391. The number of guanidine groups is 1. The van der Waals surface area contributed by atoms with Gasteiger partial charge in [-0.25, -0.2) is 9.79 Å². The summed E-state index contributed by atoms with van der Waals surface area (Å²) in [6, 6.07) is 7.78. The maximum Gasteiger partial charge on any atom is 0.333 e. The normalized spacial score (nSPS) is 8.78. The second kappa shape index (κ2) is 5.87. The van der Waals surface area contributed by atoms with Crippen molar-refractivity contribution in [2.75, 3.05) is 6.54 Å². The van der Waals surface area contributed by atoms with E-state index in [0.29, 0.717) is 0 Å². The van der Waals surface area contributed by atoms with Gasteiger partial charge >= 0.3 is 5.97 Å². The molecule has 0 radical (unpaired) electrons. The van der Waals surface area contributed by atoms with Gasteiger partial charge in [-0.2, -0.15) is 10.5 Å². The van der Waals surface area contributed by atoms with Crippen LogP contribution in [0, 0.1) is 22.7 Å². The first-order valence-electron chi connectivity index (χ1n) is 4.77. The molecule has 7 heteroatoms. The van der Waals surface area contributed by atoms with E-state index in [2.05, 4.69) is 4.99 Å². The first kappa shape index (κ1) is 13.0. The van der Waals surface area contributed by atoms with Crippen molar-refractivity contribution in [2.24, 2.45) is 16.5 Å². The number of ether oxygens (including phenoxy) is 1. The second-order valence-electron chi connectivity index (χ2n) is 3.15. The standard InChI is InChI=1S/C11H9N5O2/c12-4-7-1-2-9(3-8(7)5-13)18-10(17)6-16-11(14)15/h1-3H,6H2,(H4,14,15,16). The molecule has 0 saturated carbocycles. The van der Waals surface area contributed by atoms with Gasteiger partial charge in [-0.05, 0) is 12.1 Å². The van der Waals surface area contributed by atoms with E-state index >= 15 is 0 Å². The third-order valence-electron chi connectivity index (χ3n) is 1.85. The highest BCUT2D eigenvalue weighted by Gasteiger charge is 2.07. The Bertz CT molecular complexity index is 576. The summed E-state index contributed by atoms with van der Waals surface area (Å²) in [5.41, 5.74) is 10.5. The van der Waals surface area contributed by atoms with Gasteiger partial charge in [0.15, 0.2) is 5.96 Å². The molecule has 0 aliphatic carbocycles. The number of benzene rings is 1. The molecule has 0 bridgehead atoms. The van der Waals surface area contributed by atoms with Crippen LogP contribution >= 0.6 is 0 Å². The highest BCUT2D eigenvalue weighted by molar-refractivity contribution is 5.81. The van der Waals surface area contributed by atoms with Gasteiger partial charge in [0.1, 0.15) is 24.4 Å². The van der Waals surface area contributed by atoms with Crippen molar-refractivity contribution >= 4 is 11.9 Å². The number of hydrogen-bond acceptors (Lipinski definition) is 5. The summed E-state index contributed by atoms with van der Waals surface area (Å²) in [6.07, 6.45) is 0. The first-order chi connectivity index (χ1) is 8.56. The molecule has 18 heavy (non-hydrogen) atoms. The van der Waals surface area contributed by atoms with Crippen molar-refractivity contribution in [1.29, 1.82) is 10.5 Å². The Kier molecular flexibility index (Phi) is 4.24. The summed E-state index contributed by atoms with van der Waals surface area (Å²) in [6.45, 7) is -0.315. The number of carbonyl (C=O) groups is 1. The zero-order valence-electron chi connectivity index (χ0n) is 9.25. The van der Waals surface area contributed by atoms with E-state index in [4.69, 9.17) is 26.7 Å². The van der Waals surface area contributed by atoms with Crippen LogP contribution in [-0.4, -0.2) is 18.5 Å². The van der Waals surface area contributed by atoms with Gasteiger partial charge in [0.25, 0.3) is 0 Å². The summed E-state index contributed by atoms with van der Waals surface area (Å²) < 4.78 is 4.89. The predicted molar refractivity (Wildman–Crippen MR) is 62.2 cm³/mol. The third kappa shape index (κ3) is 3.51. The molecule has 1 rings (SSSR count). The molecule has 0 atom stereocenters. The number of esters is 1. The number of nitriles is 2. The van der Waals surface area contributed by atoms with E-state index in [0.717, 1.165) is 0 Å². The number of aliphatic imine (C=N–C) groups is 1. The molecule has 0 aliphatic heterocycles. The average molecular weight is 243 g/mol. The molecule has 0 aliphatic rings. The van der Waals surface area contributed by atoms with Gasteiger partial charge in [0.05, 0.1) is 11.1 Å². The zero-order chi connectivity index (χ0) is 13.5. The average Bonchev–Trinajstić information content (AvgIpc) is 2.36. The second-order valence-corrected chi connectivity index (χ2v) is 3.15. The fourth-order valence-electron chi connectivity index (χ4n) is 1.10. The SMILES string of the molecule is N#Cc1ccc(OC(=O)CN=C(N)N)cc1C#N. The van der Waals surface area contributed by atoms with Crippen molar-refractivity contribution < 1.29 is 9.53 Å². The van der Waals surface area contributed by atoms with E-state index in [1.807, 2.05) is 12.1 Å². The Morgan fingerprint density at radius 2 is 1.94 bits per heavy atom. The zero-order valence-corrected chi connectivity index (χ0v) is 9.25. The Hall–Kier alpha value is -3.06. The summed E-state index contributed by atoms with van der Waals surface area (Å²) in [5.74, 6) is -0.733. The van der Waals surface area contributed by atoms with Gasteiger partial charge < -0.3 is 16.2 Å². The molecule has 0 saturated heterocycles. The number of carbonyl (C=O) groups excluding carboxylic acids is 1. The lowest BCUT2D eigenvalue weighted by Gasteiger charge is -2.03. The monoisotopic (exact) mass is 243 g/mol. The van der Waals surface area contributed by atoms with Crippen LogP contribution in [0.5, 0.6) is 5.75 Å². The van der Waals surface area contributed by atoms with Gasteiger partial charge in [-0.15, -0.1) is 0 Å². The molecule has 0 amide bonds. The Balaban J connectivity index is 2.81. The summed E-state index contributed by atoms with van der Waals surface area (Å²) in [4.78, 5) is 14.8. The van der Waals surface area contributed by atoms with Crippen molar-refractivity contribution in [3.63, 3.8) is 0 Å². The molecule has 0 fully saturated rings. The van der Waals surface area contributed by atoms with Crippen LogP contribution in [0.3, 0.4) is 0 Å². The first-order valence-corrected chi connectivity index (χ1v) is 4.77. The largest absolute Gasteiger partial charge is 0.425 e. The van der Waals surface area contributed by atoms with E-state index < -0.39 is 5.97 Å². The van der Waals surface area contributed by atoms with Crippen molar-refractivity contribution in [3.05, 3.63) is 29.3 Å². The number of nitrogens with two attached hydrogens (primary N) is 2. The highest BCUT2D eigenvalue weighted by atomic mass is 16.5. The Labute approximate surface area is 103 Å². The van der Waals surface area contributed by atoms with Crippen LogP contribution in [0.15, 0.2) is 23.2 Å². The molecule has 90 valence electrons. The quantitative estimate of drug-likeness (QED) is 0.321. The lowest BCUT2D eigenvalue weighted by molar-refractivity contribution is -0.132. The summed E-state index contributed by atoms with van der Waals surface area (Å²) >= 11 is 0. The molecule has 7 nitrogen and oxygen atoms in total. The summed E-state index contributed by atoms with van der Waals surface area (Å²) in [5, 5.41) is 17.5. The van der Waals surface area contributed by atoms with Gasteiger partial charge in [-0.3, -0.25) is 0 Å². The molecule has 1 aromatic rings. The van der Waals surface area contributed by atoms with E-state index in [9.17, 15) is 4.79 Å². The molecule has 1 aromatic carbocycles. The molecule has 4 N–H and O–H groups in total. The fourth-order valence-corrected chi connectivity index (χ4v) is 1.10. The van der Waals surface area contributed by atoms with Crippen LogP contribution < -0.4 is 16.2 Å². The van der Waals surface area contributed by atoms with E-state index in [1.165, 1.54) is 18.2 Å². The van der Waals surface area contributed by atoms with Crippen LogP contribution in [0.1, 0.15) is 11.1 Å². The van der Waals surface area contributed by atoms with Gasteiger partial charge in [0, 0.05) is 6.07 Å². The van der Waals surface area contributed by atoms with Gasteiger partial charge in [0.2, 0.25) is 0 Å². The Morgan fingerprint density at radius 1 is 1.28 bits per heavy atom. The Morgan fingerprint density at radius 3 is 2.50 bits per heavy atom. The summed E-state index contributed by atoms with van der Waals surface area (Å²) in [7, 11) is 0. The van der Waals surface area contributed by atoms with E-state index in [1.54, 1.807) is 0 Å². The highest BCUT2D eigenvalue weighted by Crippen LogP contribution is 2.16. The molecule has 0 aromatic heterocycles.